The van der Waals surface area contributed by atoms with Gasteiger partial charge in [-0.1, -0.05) is 45.6 Å². The highest BCUT2D eigenvalue weighted by Gasteiger charge is 2.07. The van der Waals surface area contributed by atoms with Gasteiger partial charge in [-0.2, -0.15) is 0 Å². The number of hydrogen-bond donors (Lipinski definition) is 1. The zero-order valence-corrected chi connectivity index (χ0v) is 12.8. The maximum absolute atomic E-state index is 10.7. The van der Waals surface area contributed by atoms with Gasteiger partial charge in [-0.15, -0.1) is 0 Å². The standard InChI is InChI=1S/C16H26N2O2/c1-13(2)8-6-4-5-7-11-17-16-12-15(18(19)20)10-9-14(16)3/h9-10,12-13,17H,4-8,11H2,1-3H3. The number of nitrogens with zero attached hydrogens (tertiary/aromatic N) is 1. The molecule has 0 radical (unpaired) electrons. The molecular weight excluding hydrogens is 252 g/mol. The largest absolute Gasteiger partial charge is 0.385 e. The average molecular weight is 278 g/mol. The van der Waals surface area contributed by atoms with Gasteiger partial charge in [0.15, 0.2) is 0 Å². The summed E-state index contributed by atoms with van der Waals surface area (Å²) in [5.41, 5.74) is 2.08. The fraction of sp³-hybridized carbons (Fsp3) is 0.625. The first-order valence-electron chi connectivity index (χ1n) is 7.49. The van der Waals surface area contributed by atoms with Crippen molar-refractivity contribution < 1.29 is 4.92 Å². The third kappa shape index (κ3) is 6.04. The Kier molecular flexibility index (Phi) is 7.05. The number of unbranched alkanes of at least 4 members (excludes halogenated alkanes) is 3. The lowest BCUT2D eigenvalue weighted by atomic mass is 10.0. The van der Waals surface area contributed by atoms with Gasteiger partial charge in [0.25, 0.3) is 5.69 Å². The molecule has 0 atom stereocenters. The SMILES string of the molecule is Cc1ccc([N+](=O)[O-])cc1NCCCCCCC(C)C. The molecule has 0 aliphatic carbocycles. The predicted octanol–water partition coefficient (Wildman–Crippen LogP) is 4.92. The lowest BCUT2D eigenvalue weighted by Gasteiger charge is -2.09. The van der Waals surface area contributed by atoms with Crippen molar-refractivity contribution >= 4 is 11.4 Å². The Bertz CT molecular complexity index is 430. The fourth-order valence-corrected chi connectivity index (χ4v) is 2.17. The van der Waals surface area contributed by atoms with Crippen molar-refractivity contribution in [1.29, 1.82) is 0 Å². The molecule has 20 heavy (non-hydrogen) atoms. The van der Waals surface area contributed by atoms with Crippen LogP contribution in [0.5, 0.6) is 0 Å². The number of hydrogen-bond acceptors (Lipinski definition) is 3. The van der Waals surface area contributed by atoms with Crippen LogP contribution < -0.4 is 5.32 Å². The number of nitro benzene ring substituents is 1. The summed E-state index contributed by atoms with van der Waals surface area (Å²) in [7, 11) is 0. The van der Waals surface area contributed by atoms with Gasteiger partial charge < -0.3 is 5.32 Å². The number of non-ortho nitro benzene ring substituents is 1. The lowest BCUT2D eigenvalue weighted by Crippen LogP contribution is -2.03. The van der Waals surface area contributed by atoms with Gasteiger partial charge in [-0.05, 0) is 24.8 Å². The number of anilines is 1. The molecule has 0 bridgehead atoms. The minimum absolute atomic E-state index is 0.148. The van der Waals surface area contributed by atoms with E-state index in [1.165, 1.54) is 25.7 Å². The Morgan fingerprint density at radius 1 is 1.20 bits per heavy atom. The van der Waals surface area contributed by atoms with E-state index in [4.69, 9.17) is 0 Å². The van der Waals surface area contributed by atoms with Gasteiger partial charge in [0.05, 0.1) is 4.92 Å². The third-order valence-electron chi connectivity index (χ3n) is 3.46. The molecule has 4 nitrogen and oxygen atoms in total. The summed E-state index contributed by atoms with van der Waals surface area (Å²) in [6.45, 7) is 7.36. The first-order valence-corrected chi connectivity index (χ1v) is 7.49. The number of rotatable bonds is 9. The molecule has 0 amide bonds. The van der Waals surface area contributed by atoms with E-state index in [-0.39, 0.29) is 10.6 Å². The summed E-state index contributed by atoms with van der Waals surface area (Å²) in [6, 6.07) is 4.96. The summed E-state index contributed by atoms with van der Waals surface area (Å²) in [5, 5.41) is 14.0. The normalized spacial score (nSPS) is 10.8. The Balaban J connectivity index is 2.28. The van der Waals surface area contributed by atoms with E-state index in [9.17, 15) is 10.1 Å². The molecule has 1 rings (SSSR count). The van der Waals surface area contributed by atoms with Crippen LogP contribution in [0.4, 0.5) is 11.4 Å². The van der Waals surface area contributed by atoms with Gasteiger partial charge in [0, 0.05) is 24.4 Å². The fourth-order valence-electron chi connectivity index (χ4n) is 2.17. The van der Waals surface area contributed by atoms with Crippen LogP contribution in [0.15, 0.2) is 18.2 Å². The molecule has 1 aromatic carbocycles. The molecule has 0 fully saturated rings. The molecule has 112 valence electrons. The topological polar surface area (TPSA) is 55.2 Å². The van der Waals surface area contributed by atoms with Crippen LogP contribution in [0.3, 0.4) is 0 Å². The van der Waals surface area contributed by atoms with Crippen LogP contribution in [0, 0.1) is 23.0 Å². The van der Waals surface area contributed by atoms with Crippen LogP contribution in [0.1, 0.15) is 51.5 Å². The highest BCUT2D eigenvalue weighted by atomic mass is 16.6. The molecule has 0 spiro atoms. The minimum atomic E-state index is -0.351. The molecule has 1 aromatic rings. The maximum Gasteiger partial charge on any atom is 0.271 e. The van der Waals surface area contributed by atoms with Crippen LogP contribution in [0.25, 0.3) is 0 Å². The quantitative estimate of drug-likeness (QED) is 0.396. The Morgan fingerprint density at radius 3 is 2.55 bits per heavy atom. The molecule has 0 saturated carbocycles. The Morgan fingerprint density at radius 2 is 1.90 bits per heavy atom. The van der Waals surface area contributed by atoms with E-state index in [1.54, 1.807) is 18.2 Å². The first-order chi connectivity index (χ1) is 9.50. The molecular formula is C16H26N2O2. The van der Waals surface area contributed by atoms with Gasteiger partial charge >= 0.3 is 0 Å². The van der Waals surface area contributed by atoms with Gasteiger partial charge in [0.2, 0.25) is 0 Å². The van der Waals surface area contributed by atoms with E-state index in [2.05, 4.69) is 19.2 Å². The van der Waals surface area contributed by atoms with E-state index >= 15 is 0 Å². The highest BCUT2D eigenvalue weighted by Crippen LogP contribution is 2.21. The summed E-state index contributed by atoms with van der Waals surface area (Å²) < 4.78 is 0. The average Bonchev–Trinajstić information content (AvgIpc) is 2.38. The second-order valence-corrected chi connectivity index (χ2v) is 5.78. The summed E-state index contributed by atoms with van der Waals surface area (Å²) >= 11 is 0. The molecule has 0 aliphatic rings. The molecule has 0 heterocycles. The van der Waals surface area contributed by atoms with E-state index < -0.39 is 0 Å². The molecule has 1 N–H and O–H groups in total. The number of nitro groups is 1. The van der Waals surface area contributed by atoms with Crippen LogP contribution in [-0.4, -0.2) is 11.5 Å². The van der Waals surface area contributed by atoms with Crippen LogP contribution in [0.2, 0.25) is 0 Å². The Hall–Kier alpha value is -1.58. The van der Waals surface area contributed by atoms with Gasteiger partial charge in [-0.25, -0.2) is 0 Å². The van der Waals surface area contributed by atoms with E-state index in [0.29, 0.717) is 0 Å². The second-order valence-electron chi connectivity index (χ2n) is 5.78. The van der Waals surface area contributed by atoms with Crippen molar-refractivity contribution in [1.82, 2.24) is 0 Å². The monoisotopic (exact) mass is 278 g/mol. The van der Waals surface area contributed by atoms with E-state index in [0.717, 1.165) is 30.1 Å². The van der Waals surface area contributed by atoms with Crippen molar-refractivity contribution in [3.8, 4) is 0 Å². The maximum atomic E-state index is 10.7. The Labute approximate surface area is 121 Å². The zero-order chi connectivity index (χ0) is 15.0. The van der Waals surface area contributed by atoms with Gasteiger partial charge in [0.1, 0.15) is 0 Å². The number of benzene rings is 1. The number of nitrogens with one attached hydrogen (secondary N) is 1. The summed E-state index contributed by atoms with van der Waals surface area (Å²) in [6.07, 6.45) is 6.20. The summed E-state index contributed by atoms with van der Waals surface area (Å²) in [5.74, 6) is 0.792. The zero-order valence-electron chi connectivity index (χ0n) is 12.8. The smallest absolute Gasteiger partial charge is 0.271 e. The summed E-state index contributed by atoms with van der Waals surface area (Å²) in [4.78, 5) is 10.4. The van der Waals surface area contributed by atoms with Crippen LogP contribution >= 0.6 is 0 Å². The van der Waals surface area contributed by atoms with Crippen molar-refractivity contribution in [2.24, 2.45) is 5.92 Å². The molecule has 0 unspecified atom stereocenters. The molecule has 4 heteroatoms. The van der Waals surface area contributed by atoms with Crippen molar-refractivity contribution in [2.75, 3.05) is 11.9 Å². The highest BCUT2D eigenvalue weighted by molar-refractivity contribution is 5.56. The van der Waals surface area contributed by atoms with Crippen molar-refractivity contribution in [3.63, 3.8) is 0 Å². The van der Waals surface area contributed by atoms with E-state index in [1.807, 2.05) is 6.92 Å². The second kappa shape index (κ2) is 8.56. The molecule has 0 saturated heterocycles. The lowest BCUT2D eigenvalue weighted by molar-refractivity contribution is -0.384. The predicted molar refractivity (Wildman–Crippen MR) is 84.2 cm³/mol. The van der Waals surface area contributed by atoms with Gasteiger partial charge in [-0.3, -0.25) is 10.1 Å². The third-order valence-corrected chi connectivity index (χ3v) is 3.46. The van der Waals surface area contributed by atoms with Crippen molar-refractivity contribution in [2.45, 2.75) is 52.9 Å². The van der Waals surface area contributed by atoms with Crippen LogP contribution in [-0.2, 0) is 0 Å². The minimum Gasteiger partial charge on any atom is -0.385 e. The number of aryl methyl sites for hydroxylation is 1. The first kappa shape index (κ1) is 16.5. The molecule has 0 aromatic heterocycles. The van der Waals surface area contributed by atoms with Crippen molar-refractivity contribution in [3.05, 3.63) is 33.9 Å². The molecule has 0 aliphatic heterocycles.